The number of aromatic amines is 1. The molecule has 2 aromatic rings. The molecule has 8 nitrogen and oxygen atoms in total. The Labute approximate surface area is 135 Å². The number of aryl methyl sites for hydroxylation is 2. The number of aromatic nitrogens is 5. The largest absolute Gasteiger partial charge is 0.367 e. The van der Waals surface area contributed by atoms with Crippen LogP contribution in [0.3, 0.4) is 0 Å². The van der Waals surface area contributed by atoms with Crippen LogP contribution in [0.1, 0.15) is 56.2 Å². The Morgan fingerprint density at radius 1 is 1.22 bits per heavy atom. The second kappa shape index (κ2) is 7.65. The van der Waals surface area contributed by atoms with Crippen molar-refractivity contribution in [3.05, 3.63) is 23.4 Å². The van der Waals surface area contributed by atoms with E-state index in [1.807, 2.05) is 0 Å². The van der Waals surface area contributed by atoms with Crippen molar-refractivity contribution in [3.8, 4) is 0 Å². The molecule has 0 bridgehead atoms. The van der Waals surface area contributed by atoms with Crippen molar-refractivity contribution in [1.29, 1.82) is 0 Å². The van der Waals surface area contributed by atoms with Crippen molar-refractivity contribution in [2.24, 2.45) is 0 Å². The van der Waals surface area contributed by atoms with Crippen LogP contribution in [0, 0.1) is 0 Å². The predicted molar refractivity (Wildman–Crippen MR) is 82.6 cm³/mol. The average molecular weight is 320 g/mol. The topological polar surface area (TPSA) is 93.0 Å². The van der Waals surface area contributed by atoms with Gasteiger partial charge in [0.25, 0.3) is 0 Å². The molecule has 1 aliphatic heterocycles. The Bertz CT molecular complexity index is 611. The summed E-state index contributed by atoms with van der Waals surface area (Å²) in [5.41, 5.74) is 0. The minimum atomic E-state index is -0.104. The Morgan fingerprint density at radius 3 is 2.91 bits per heavy atom. The second-order valence-corrected chi connectivity index (χ2v) is 5.84. The smallest absolute Gasteiger partial charge is 0.226 e. The first kappa shape index (κ1) is 16.1. The summed E-state index contributed by atoms with van der Waals surface area (Å²) in [5.74, 6) is 3.10. The minimum Gasteiger partial charge on any atom is -0.367 e. The van der Waals surface area contributed by atoms with E-state index in [9.17, 15) is 0 Å². The van der Waals surface area contributed by atoms with E-state index in [0.717, 1.165) is 56.2 Å². The molecule has 1 fully saturated rings. The second-order valence-electron chi connectivity index (χ2n) is 5.84. The molecule has 0 unspecified atom stereocenters. The van der Waals surface area contributed by atoms with Crippen molar-refractivity contribution in [2.75, 3.05) is 19.7 Å². The summed E-state index contributed by atoms with van der Waals surface area (Å²) in [6.07, 6.45) is 3.69. The van der Waals surface area contributed by atoms with Gasteiger partial charge in [0.05, 0.1) is 13.2 Å². The molecule has 1 aliphatic rings. The number of nitrogens with one attached hydrogen (secondary N) is 1. The van der Waals surface area contributed by atoms with Crippen LogP contribution in [-0.4, -0.2) is 49.9 Å². The molecule has 0 radical (unpaired) electrons. The Kier molecular flexibility index (Phi) is 5.35. The van der Waals surface area contributed by atoms with Gasteiger partial charge in [0.15, 0.2) is 11.6 Å². The minimum absolute atomic E-state index is 0.104. The molecule has 8 heteroatoms. The van der Waals surface area contributed by atoms with Crippen LogP contribution >= 0.6 is 0 Å². The zero-order chi connectivity index (χ0) is 16.1. The highest BCUT2D eigenvalue weighted by molar-refractivity contribution is 4.97. The number of H-pyrrole nitrogens is 1. The van der Waals surface area contributed by atoms with E-state index in [4.69, 9.17) is 9.26 Å². The van der Waals surface area contributed by atoms with Gasteiger partial charge in [0, 0.05) is 25.9 Å². The first-order chi connectivity index (χ1) is 11.3. The Morgan fingerprint density at radius 2 is 2.09 bits per heavy atom. The van der Waals surface area contributed by atoms with Crippen molar-refractivity contribution >= 4 is 0 Å². The van der Waals surface area contributed by atoms with E-state index < -0.39 is 0 Å². The third kappa shape index (κ3) is 4.14. The van der Waals surface area contributed by atoms with Gasteiger partial charge >= 0.3 is 0 Å². The summed E-state index contributed by atoms with van der Waals surface area (Å²) in [7, 11) is 0. The van der Waals surface area contributed by atoms with Crippen LogP contribution in [0.2, 0.25) is 0 Å². The van der Waals surface area contributed by atoms with Crippen molar-refractivity contribution < 1.29 is 9.26 Å². The molecule has 23 heavy (non-hydrogen) atoms. The van der Waals surface area contributed by atoms with Gasteiger partial charge < -0.3 is 9.26 Å². The predicted octanol–water partition coefficient (Wildman–Crippen LogP) is 1.67. The molecule has 126 valence electrons. The van der Waals surface area contributed by atoms with Crippen LogP contribution in [0.4, 0.5) is 0 Å². The van der Waals surface area contributed by atoms with E-state index in [2.05, 4.69) is 44.1 Å². The van der Waals surface area contributed by atoms with Gasteiger partial charge in [0.1, 0.15) is 11.9 Å². The van der Waals surface area contributed by atoms with Gasteiger partial charge in [-0.05, 0) is 12.8 Å². The molecule has 0 spiro atoms. The van der Waals surface area contributed by atoms with Crippen LogP contribution < -0.4 is 0 Å². The molecular formula is C15H24N6O2. The molecule has 2 aromatic heterocycles. The fourth-order valence-electron chi connectivity index (χ4n) is 2.67. The number of morpholine rings is 1. The van der Waals surface area contributed by atoms with E-state index in [1.165, 1.54) is 0 Å². The summed E-state index contributed by atoms with van der Waals surface area (Å²) in [6.45, 7) is 7.13. The standard InChI is InChI=1S/C15H24N6O2/c1-3-5-12-17-15(19-18-12)11-9-21(7-8-22-11)10-13-16-14(6-4-2)23-20-13/h11H,3-10H2,1-2H3,(H,17,18,19)/t11-/m1/s1. The maximum absolute atomic E-state index is 5.82. The van der Waals surface area contributed by atoms with Gasteiger partial charge in [-0.2, -0.15) is 10.1 Å². The highest BCUT2D eigenvalue weighted by Crippen LogP contribution is 2.20. The quantitative estimate of drug-likeness (QED) is 0.829. The molecule has 3 heterocycles. The van der Waals surface area contributed by atoms with Gasteiger partial charge in [-0.15, -0.1) is 0 Å². The molecule has 0 saturated carbocycles. The van der Waals surface area contributed by atoms with E-state index >= 15 is 0 Å². The molecule has 1 N–H and O–H groups in total. The molecule has 1 atom stereocenters. The van der Waals surface area contributed by atoms with Crippen LogP contribution in [0.25, 0.3) is 0 Å². The summed E-state index contributed by atoms with van der Waals surface area (Å²) < 4.78 is 11.1. The van der Waals surface area contributed by atoms with Crippen molar-refractivity contribution in [3.63, 3.8) is 0 Å². The first-order valence-electron chi connectivity index (χ1n) is 8.35. The van der Waals surface area contributed by atoms with Gasteiger partial charge in [0.2, 0.25) is 5.89 Å². The number of hydrogen-bond donors (Lipinski definition) is 1. The fourth-order valence-corrected chi connectivity index (χ4v) is 2.67. The molecule has 0 aromatic carbocycles. The molecule has 0 aliphatic carbocycles. The number of rotatable bonds is 7. The van der Waals surface area contributed by atoms with Crippen molar-refractivity contribution in [1.82, 2.24) is 30.2 Å². The summed E-state index contributed by atoms with van der Waals surface area (Å²) in [4.78, 5) is 11.2. The van der Waals surface area contributed by atoms with Gasteiger partial charge in [-0.1, -0.05) is 19.0 Å². The van der Waals surface area contributed by atoms with Crippen molar-refractivity contribution in [2.45, 2.75) is 52.2 Å². The Balaban J connectivity index is 1.58. The third-order valence-corrected chi connectivity index (χ3v) is 3.81. The first-order valence-corrected chi connectivity index (χ1v) is 8.35. The summed E-state index contributed by atoms with van der Waals surface area (Å²) in [5, 5.41) is 11.3. The summed E-state index contributed by atoms with van der Waals surface area (Å²) >= 11 is 0. The highest BCUT2D eigenvalue weighted by Gasteiger charge is 2.26. The number of ether oxygens (including phenoxy) is 1. The number of nitrogens with zero attached hydrogens (tertiary/aromatic N) is 5. The van der Waals surface area contributed by atoms with Crippen LogP contribution in [0.5, 0.6) is 0 Å². The van der Waals surface area contributed by atoms with Gasteiger partial charge in [-0.3, -0.25) is 10.00 Å². The third-order valence-electron chi connectivity index (χ3n) is 3.81. The molecule has 3 rings (SSSR count). The molecule has 1 saturated heterocycles. The van der Waals surface area contributed by atoms with E-state index in [1.54, 1.807) is 0 Å². The lowest BCUT2D eigenvalue weighted by atomic mass is 10.2. The van der Waals surface area contributed by atoms with Gasteiger partial charge in [-0.25, -0.2) is 4.98 Å². The highest BCUT2D eigenvalue weighted by atomic mass is 16.5. The Hall–Kier alpha value is -1.80. The normalized spacial score (nSPS) is 19.3. The lowest BCUT2D eigenvalue weighted by molar-refractivity contribution is -0.0379. The molecule has 0 amide bonds. The lowest BCUT2D eigenvalue weighted by Crippen LogP contribution is -2.38. The maximum atomic E-state index is 5.82. The van der Waals surface area contributed by atoms with Crippen LogP contribution in [0.15, 0.2) is 4.52 Å². The zero-order valence-electron chi connectivity index (χ0n) is 13.8. The van der Waals surface area contributed by atoms with E-state index in [0.29, 0.717) is 19.0 Å². The fraction of sp³-hybridized carbons (Fsp3) is 0.733. The zero-order valence-corrected chi connectivity index (χ0v) is 13.8. The molecular weight excluding hydrogens is 296 g/mol. The van der Waals surface area contributed by atoms with Crippen LogP contribution in [-0.2, 0) is 24.1 Å². The average Bonchev–Trinajstić information content (AvgIpc) is 3.18. The lowest BCUT2D eigenvalue weighted by Gasteiger charge is -2.30. The summed E-state index contributed by atoms with van der Waals surface area (Å²) in [6, 6.07) is 0. The maximum Gasteiger partial charge on any atom is 0.226 e. The van der Waals surface area contributed by atoms with E-state index in [-0.39, 0.29) is 6.10 Å². The SMILES string of the molecule is CCCc1nc([C@H]2CN(Cc3noc(CCC)n3)CCO2)n[nH]1. The number of hydrogen-bond acceptors (Lipinski definition) is 7. The monoisotopic (exact) mass is 320 g/mol.